The van der Waals surface area contributed by atoms with Gasteiger partial charge in [0.05, 0.1) is 17.0 Å². The molecular weight excluding hydrogens is 446 g/mol. The molecule has 8 nitrogen and oxygen atoms in total. The number of thiazole rings is 1. The second-order valence-electron chi connectivity index (χ2n) is 6.82. The molecule has 2 N–H and O–H groups in total. The molecule has 2 amide bonds. The van der Waals surface area contributed by atoms with Gasteiger partial charge in [-0.15, -0.1) is 11.3 Å². The van der Waals surface area contributed by atoms with Crippen molar-refractivity contribution in [3.63, 3.8) is 0 Å². The lowest BCUT2D eigenvalue weighted by Crippen LogP contribution is -2.13. The predicted octanol–water partition coefficient (Wildman–Crippen LogP) is 5.00. The number of amides is 2. The number of pyridine rings is 1. The van der Waals surface area contributed by atoms with Crippen molar-refractivity contribution in [3.05, 3.63) is 71.1 Å². The molecule has 0 radical (unpaired) electrons. The fraction of sp³-hybridized carbons (Fsp3) is 0.136. The third-order valence-corrected chi connectivity index (χ3v) is 6.07. The van der Waals surface area contributed by atoms with E-state index in [4.69, 9.17) is 4.52 Å². The summed E-state index contributed by atoms with van der Waals surface area (Å²) in [5.74, 6) is 0.882. The van der Waals surface area contributed by atoms with Gasteiger partial charge in [0.15, 0.2) is 5.13 Å². The van der Waals surface area contributed by atoms with Gasteiger partial charge in [-0.1, -0.05) is 29.1 Å². The Morgan fingerprint density at radius 2 is 1.97 bits per heavy atom. The Morgan fingerprint density at radius 3 is 2.69 bits per heavy atom. The summed E-state index contributed by atoms with van der Waals surface area (Å²) in [5.41, 5.74) is 3.60. The van der Waals surface area contributed by atoms with Crippen LogP contribution in [0.25, 0.3) is 11.3 Å². The highest BCUT2D eigenvalue weighted by molar-refractivity contribution is 7.98. The number of benzene rings is 1. The maximum absolute atomic E-state index is 12.9. The lowest BCUT2D eigenvalue weighted by Gasteiger charge is -2.07. The fourth-order valence-corrected chi connectivity index (χ4v) is 4.45. The van der Waals surface area contributed by atoms with Crippen molar-refractivity contribution in [1.82, 2.24) is 15.1 Å². The van der Waals surface area contributed by atoms with E-state index in [2.05, 4.69) is 25.8 Å². The van der Waals surface area contributed by atoms with Crippen molar-refractivity contribution in [2.24, 2.45) is 0 Å². The van der Waals surface area contributed by atoms with Gasteiger partial charge >= 0.3 is 0 Å². The highest BCUT2D eigenvalue weighted by Crippen LogP contribution is 2.28. The van der Waals surface area contributed by atoms with E-state index < -0.39 is 0 Å². The number of nitrogens with one attached hydrogen (secondary N) is 2. The molecule has 162 valence electrons. The first-order valence-corrected chi connectivity index (χ1v) is 11.5. The van der Waals surface area contributed by atoms with Crippen LogP contribution in [-0.2, 0) is 10.5 Å². The van der Waals surface area contributed by atoms with Gasteiger partial charge in [0.1, 0.15) is 10.8 Å². The Balaban J connectivity index is 1.43. The molecule has 0 saturated heterocycles. The van der Waals surface area contributed by atoms with Crippen LogP contribution >= 0.6 is 23.1 Å². The maximum atomic E-state index is 12.9. The molecule has 0 spiro atoms. The molecule has 0 aliphatic rings. The minimum absolute atomic E-state index is 0.125. The molecule has 32 heavy (non-hydrogen) atoms. The second-order valence-corrected chi connectivity index (χ2v) is 8.65. The summed E-state index contributed by atoms with van der Waals surface area (Å²) in [5, 5.41) is 12.5. The smallest absolute Gasteiger partial charge is 0.260 e. The number of aryl methyl sites for hydroxylation is 1. The largest absolute Gasteiger partial charge is 0.361 e. The van der Waals surface area contributed by atoms with Crippen LogP contribution in [0.3, 0.4) is 0 Å². The second kappa shape index (κ2) is 9.75. The van der Waals surface area contributed by atoms with E-state index in [9.17, 15) is 9.59 Å². The normalized spacial score (nSPS) is 10.7. The van der Waals surface area contributed by atoms with Crippen molar-refractivity contribution >= 4 is 45.7 Å². The molecule has 3 heterocycles. The quantitative estimate of drug-likeness (QED) is 0.369. The van der Waals surface area contributed by atoms with E-state index in [1.165, 1.54) is 30.0 Å². The van der Waals surface area contributed by atoms with Crippen molar-refractivity contribution in [2.75, 3.05) is 10.6 Å². The van der Waals surface area contributed by atoms with Gasteiger partial charge in [0, 0.05) is 41.6 Å². The number of aromatic nitrogens is 3. The molecule has 4 rings (SSSR count). The van der Waals surface area contributed by atoms with E-state index in [1.54, 1.807) is 18.3 Å². The van der Waals surface area contributed by atoms with E-state index >= 15 is 0 Å². The Kier molecular flexibility index (Phi) is 6.62. The summed E-state index contributed by atoms with van der Waals surface area (Å²) in [6.45, 7) is 3.30. The molecular formula is C22H19N5O3S2. The molecule has 10 heteroatoms. The lowest BCUT2D eigenvalue weighted by atomic mass is 10.1. The minimum Gasteiger partial charge on any atom is -0.361 e. The van der Waals surface area contributed by atoms with Crippen LogP contribution < -0.4 is 10.6 Å². The molecule has 0 fully saturated rings. The predicted molar refractivity (Wildman–Crippen MR) is 125 cm³/mol. The summed E-state index contributed by atoms with van der Waals surface area (Å²) in [7, 11) is 0. The van der Waals surface area contributed by atoms with E-state index in [0.29, 0.717) is 27.2 Å². The van der Waals surface area contributed by atoms with Crippen LogP contribution in [0.15, 0.2) is 63.6 Å². The summed E-state index contributed by atoms with van der Waals surface area (Å²) in [6, 6.07) is 12.7. The summed E-state index contributed by atoms with van der Waals surface area (Å²) >= 11 is 2.76. The molecule has 0 aliphatic carbocycles. The molecule has 4 aromatic rings. The fourth-order valence-electron chi connectivity index (χ4n) is 2.86. The van der Waals surface area contributed by atoms with Gasteiger partial charge in [-0.2, -0.15) is 0 Å². The molecule has 0 unspecified atom stereocenters. The van der Waals surface area contributed by atoms with Crippen LogP contribution in [0.1, 0.15) is 28.7 Å². The molecule has 0 bridgehead atoms. The van der Waals surface area contributed by atoms with Gasteiger partial charge in [-0.05, 0) is 31.2 Å². The van der Waals surface area contributed by atoms with E-state index in [1.807, 2.05) is 42.6 Å². The number of carbonyl (C=O) groups is 2. The Bertz CT molecular complexity index is 1250. The van der Waals surface area contributed by atoms with Gasteiger partial charge < -0.3 is 9.84 Å². The molecule has 0 saturated carbocycles. The third kappa shape index (κ3) is 5.40. The number of rotatable bonds is 7. The van der Waals surface area contributed by atoms with E-state index in [-0.39, 0.29) is 11.8 Å². The summed E-state index contributed by atoms with van der Waals surface area (Å²) in [4.78, 5) is 32.9. The molecule has 1 aromatic carbocycles. The van der Waals surface area contributed by atoms with Crippen LogP contribution in [0.5, 0.6) is 0 Å². The number of thioether (sulfide) groups is 1. The third-order valence-electron chi connectivity index (χ3n) is 4.27. The number of anilines is 2. The average Bonchev–Trinajstić information content (AvgIpc) is 3.41. The number of nitrogens with zero attached hydrogens (tertiary/aromatic N) is 3. The number of carbonyl (C=O) groups excluding carboxylic acids is 2. The van der Waals surface area contributed by atoms with Crippen molar-refractivity contribution in [2.45, 2.75) is 24.6 Å². The zero-order valence-electron chi connectivity index (χ0n) is 17.3. The van der Waals surface area contributed by atoms with Crippen molar-refractivity contribution < 1.29 is 14.1 Å². The monoisotopic (exact) mass is 465 g/mol. The molecule has 0 aliphatic heterocycles. The summed E-state index contributed by atoms with van der Waals surface area (Å²) in [6.07, 6.45) is 1.65. The van der Waals surface area contributed by atoms with Gasteiger partial charge in [0.2, 0.25) is 5.91 Å². The average molecular weight is 466 g/mol. The number of hydrogen-bond acceptors (Lipinski definition) is 8. The van der Waals surface area contributed by atoms with Gasteiger partial charge in [0.25, 0.3) is 5.91 Å². The topological polar surface area (TPSA) is 110 Å². The van der Waals surface area contributed by atoms with Gasteiger partial charge in [-0.3, -0.25) is 14.9 Å². The first-order valence-electron chi connectivity index (χ1n) is 9.63. The van der Waals surface area contributed by atoms with Crippen molar-refractivity contribution in [1.29, 1.82) is 0 Å². The first kappa shape index (κ1) is 21.7. The maximum Gasteiger partial charge on any atom is 0.260 e. The Morgan fingerprint density at radius 1 is 1.16 bits per heavy atom. The molecule has 0 atom stereocenters. The highest BCUT2D eigenvalue weighted by atomic mass is 32.2. The summed E-state index contributed by atoms with van der Waals surface area (Å²) < 4.78 is 5.08. The molecule has 3 aromatic heterocycles. The lowest BCUT2D eigenvalue weighted by molar-refractivity contribution is -0.114. The first-order chi connectivity index (χ1) is 15.5. The van der Waals surface area contributed by atoms with Crippen molar-refractivity contribution in [3.8, 4) is 11.3 Å². The Labute approximate surface area is 192 Å². The van der Waals surface area contributed by atoms with E-state index in [0.717, 1.165) is 22.7 Å². The van der Waals surface area contributed by atoms with Crippen LogP contribution in [0.2, 0.25) is 0 Å². The zero-order valence-corrected chi connectivity index (χ0v) is 18.9. The SMILES string of the molecule is CC(=O)Nc1ccc(-c2csc(NC(=O)c3cccnc3SCc3cc(C)on3)n2)cc1. The minimum atomic E-state index is -0.279. The van der Waals surface area contributed by atoms with Crippen LogP contribution in [-0.4, -0.2) is 26.9 Å². The highest BCUT2D eigenvalue weighted by Gasteiger charge is 2.16. The standard InChI is InChI=1S/C22H19N5O3S2/c1-13-10-17(27-30-13)11-31-21-18(4-3-9-23-21)20(29)26-22-25-19(12-32-22)15-5-7-16(8-6-15)24-14(2)28/h3-10,12H,11H2,1-2H3,(H,24,28)(H,25,26,29). The van der Waals surface area contributed by atoms with Crippen LogP contribution in [0, 0.1) is 6.92 Å². The van der Waals surface area contributed by atoms with Crippen LogP contribution in [0.4, 0.5) is 10.8 Å². The zero-order chi connectivity index (χ0) is 22.5. The number of hydrogen-bond donors (Lipinski definition) is 2. The Hall–Kier alpha value is -3.50. The van der Waals surface area contributed by atoms with Gasteiger partial charge in [-0.25, -0.2) is 9.97 Å².